The third-order valence-corrected chi connectivity index (χ3v) is 4.61. The lowest BCUT2D eigenvalue weighted by molar-refractivity contribution is -0.116. The van der Waals surface area contributed by atoms with Crippen molar-refractivity contribution in [1.82, 2.24) is 8.75 Å². The molecular weight excluding hydrogens is 330 g/mol. The Morgan fingerprint density at radius 2 is 1.44 bits per heavy atom. The van der Waals surface area contributed by atoms with Gasteiger partial charge in [-0.3, -0.25) is 4.79 Å². The van der Waals surface area contributed by atoms with Crippen molar-refractivity contribution in [2.75, 3.05) is 5.32 Å². The van der Waals surface area contributed by atoms with Crippen LogP contribution in [0, 0.1) is 0 Å². The van der Waals surface area contributed by atoms with E-state index in [-0.39, 0.29) is 11.8 Å². The maximum Gasteiger partial charge on any atom is 0.236 e. The molecule has 0 saturated carbocycles. The van der Waals surface area contributed by atoms with Gasteiger partial charge in [0.15, 0.2) is 0 Å². The van der Waals surface area contributed by atoms with Gasteiger partial charge in [-0.15, -0.1) is 0 Å². The van der Waals surface area contributed by atoms with Crippen LogP contribution in [0.1, 0.15) is 17.0 Å². The average molecular weight is 345 g/mol. The topological polar surface area (TPSA) is 54.9 Å². The molecule has 0 aliphatic carbocycles. The third kappa shape index (κ3) is 3.14. The van der Waals surface area contributed by atoms with E-state index in [2.05, 4.69) is 14.1 Å². The Kier molecular flexibility index (Phi) is 4.23. The van der Waals surface area contributed by atoms with Crippen LogP contribution in [0.15, 0.2) is 78.9 Å². The maximum atomic E-state index is 13.1. The lowest BCUT2D eigenvalue weighted by Crippen LogP contribution is -2.22. The van der Waals surface area contributed by atoms with Crippen molar-refractivity contribution in [3.05, 3.63) is 90.0 Å². The number of hydrogen-bond donors (Lipinski definition) is 1. The van der Waals surface area contributed by atoms with E-state index < -0.39 is 0 Å². The lowest BCUT2D eigenvalue weighted by atomic mass is 9.90. The molecule has 0 radical (unpaired) electrons. The van der Waals surface area contributed by atoms with Crippen molar-refractivity contribution in [2.45, 2.75) is 5.92 Å². The molecule has 0 bridgehead atoms. The summed E-state index contributed by atoms with van der Waals surface area (Å²) in [4.78, 5) is 13.1. The molecule has 0 atom stereocenters. The van der Waals surface area contributed by atoms with E-state index in [0.29, 0.717) is 5.69 Å². The number of aromatic nitrogens is 2. The van der Waals surface area contributed by atoms with E-state index >= 15 is 0 Å². The van der Waals surface area contributed by atoms with Gasteiger partial charge in [0.2, 0.25) is 5.91 Å². The quantitative estimate of drug-likeness (QED) is 0.594. The highest BCUT2D eigenvalue weighted by molar-refractivity contribution is 7.00. The van der Waals surface area contributed by atoms with Gasteiger partial charge in [-0.05, 0) is 23.3 Å². The van der Waals surface area contributed by atoms with Crippen LogP contribution in [-0.4, -0.2) is 14.7 Å². The lowest BCUT2D eigenvalue weighted by Gasteiger charge is -2.18. The van der Waals surface area contributed by atoms with Crippen LogP contribution in [0.3, 0.4) is 0 Å². The summed E-state index contributed by atoms with van der Waals surface area (Å²) in [6.07, 6.45) is 0. The molecule has 3 aromatic carbocycles. The average Bonchev–Trinajstić information content (AvgIpc) is 3.14. The van der Waals surface area contributed by atoms with Crippen LogP contribution in [-0.2, 0) is 4.79 Å². The minimum absolute atomic E-state index is 0.0853. The largest absolute Gasteiger partial charge is 0.323 e. The molecule has 4 nitrogen and oxygen atoms in total. The van der Waals surface area contributed by atoms with Crippen molar-refractivity contribution >= 4 is 34.4 Å². The SMILES string of the molecule is O=C(Nc1cccc2nsnc12)C(c1ccccc1)c1ccccc1. The second-order valence-electron chi connectivity index (χ2n) is 5.68. The molecule has 1 N–H and O–H groups in total. The van der Waals surface area contributed by atoms with Crippen molar-refractivity contribution in [1.29, 1.82) is 0 Å². The first-order chi connectivity index (χ1) is 12.3. The summed E-state index contributed by atoms with van der Waals surface area (Å²) in [7, 11) is 0. The fraction of sp³-hybridized carbons (Fsp3) is 0.0500. The summed E-state index contributed by atoms with van der Waals surface area (Å²) in [5.41, 5.74) is 4.11. The molecule has 4 aromatic rings. The van der Waals surface area contributed by atoms with E-state index in [1.165, 1.54) is 0 Å². The number of carbonyl (C=O) groups is 1. The number of nitrogens with one attached hydrogen (secondary N) is 1. The molecule has 0 fully saturated rings. The molecule has 0 unspecified atom stereocenters. The van der Waals surface area contributed by atoms with Gasteiger partial charge in [0.25, 0.3) is 0 Å². The third-order valence-electron chi connectivity index (χ3n) is 4.07. The normalized spacial score (nSPS) is 10.9. The van der Waals surface area contributed by atoms with Crippen LogP contribution in [0.5, 0.6) is 0 Å². The van der Waals surface area contributed by atoms with E-state index in [4.69, 9.17) is 0 Å². The molecule has 4 rings (SSSR count). The summed E-state index contributed by atoms with van der Waals surface area (Å²) in [5, 5.41) is 3.03. The minimum Gasteiger partial charge on any atom is -0.323 e. The fourth-order valence-corrected chi connectivity index (χ4v) is 3.45. The van der Waals surface area contributed by atoms with Crippen LogP contribution in [0.4, 0.5) is 5.69 Å². The minimum atomic E-state index is -0.385. The molecule has 1 aromatic heterocycles. The highest BCUT2D eigenvalue weighted by Gasteiger charge is 2.23. The van der Waals surface area contributed by atoms with Gasteiger partial charge in [-0.25, -0.2) is 0 Å². The highest BCUT2D eigenvalue weighted by atomic mass is 32.1. The number of nitrogens with zero attached hydrogens (tertiary/aromatic N) is 2. The molecule has 122 valence electrons. The number of benzene rings is 3. The van der Waals surface area contributed by atoms with Crippen molar-refractivity contribution < 1.29 is 4.79 Å². The number of hydrogen-bond acceptors (Lipinski definition) is 4. The Morgan fingerprint density at radius 1 is 0.800 bits per heavy atom. The van der Waals surface area contributed by atoms with Gasteiger partial charge in [0.1, 0.15) is 11.0 Å². The van der Waals surface area contributed by atoms with Crippen LogP contribution in [0.2, 0.25) is 0 Å². The summed E-state index contributed by atoms with van der Waals surface area (Å²) in [5.74, 6) is -0.470. The maximum absolute atomic E-state index is 13.1. The summed E-state index contributed by atoms with van der Waals surface area (Å²) in [6, 6.07) is 25.2. The van der Waals surface area contributed by atoms with Gasteiger partial charge in [-0.1, -0.05) is 66.7 Å². The summed E-state index contributed by atoms with van der Waals surface area (Å²) >= 11 is 1.14. The van der Waals surface area contributed by atoms with Gasteiger partial charge >= 0.3 is 0 Å². The number of fused-ring (bicyclic) bond motifs is 1. The fourth-order valence-electron chi connectivity index (χ4n) is 2.90. The van der Waals surface area contributed by atoms with E-state index in [9.17, 15) is 4.79 Å². The van der Waals surface area contributed by atoms with Crippen molar-refractivity contribution in [2.24, 2.45) is 0 Å². The van der Waals surface area contributed by atoms with Crippen LogP contribution < -0.4 is 5.32 Å². The van der Waals surface area contributed by atoms with Gasteiger partial charge in [-0.2, -0.15) is 8.75 Å². The number of carbonyl (C=O) groups excluding carboxylic acids is 1. The summed E-state index contributed by atoms with van der Waals surface area (Å²) < 4.78 is 8.52. The molecular formula is C20H15N3OS. The molecule has 1 amide bonds. The van der Waals surface area contributed by atoms with E-state index in [1.54, 1.807) is 0 Å². The Bertz CT molecular complexity index is 960. The molecule has 0 aliphatic rings. The van der Waals surface area contributed by atoms with Gasteiger partial charge in [0, 0.05) is 0 Å². The first-order valence-electron chi connectivity index (χ1n) is 7.95. The zero-order valence-corrected chi connectivity index (χ0v) is 14.1. The second kappa shape index (κ2) is 6.83. The summed E-state index contributed by atoms with van der Waals surface area (Å²) in [6.45, 7) is 0. The van der Waals surface area contributed by atoms with Gasteiger partial charge < -0.3 is 5.32 Å². The van der Waals surface area contributed by atoms with E-state index in [1.807, 2.05) is 78.9 Å². The molecule has 5 heteroatoms. The molecule has 25 heavy (non-hydrogen) atoms. The number of amides is 1. The zero-order valence-electron chi connectivity index (χ0n) is 13.3. The Labute approximate surface area is 149 Å². The number of anilines is 1. The Hall–Kier alpha value is -3.05. The first-order valence-corrected chi connectivity index (χ1v) is 8.68. The molecule has 0 saturated heterocycles. The molecule has 0 aliphatic heterocycles. The standard InChI is InChI=1S/C20H15N3OS/c24-20(21-16-12-7-13-17-19(16)23-25-22-17)18(14-8-3-1-4-9-14)15-10-5-2-6-11-15/h1-13,18H,(H,21,24). The van der Waals surface area contributed by atoms with Crippen molar-refractivity contribution in [3.8, 4) is 0 Å². The Morgan fingerprint density at radius 3 is 2.08 bits per heavy atom. The predicted octanol–water partition coefficient (Wildman–Crippen LogP) is 4.46. The number of rotatable bonds is 4. The molecule has 0 spiro atoms. The first kappa shape index (κ1) is 15.5. The Balaban J connectivity index is 1.72. The van der Waals surface area contributed by atoms with E-state index in [0.717, 1.165) is 33.9 Å². The second-order valence-corrected chi connectivity index (χ2v) is 6.21. The van der Waals surface area contributed by atoms with Crippen molar-refractivity contribution in [3.63, 3.8) is 0 Å². The van der Waals surface area contributed by atoms with Crippen LogP contribution in [0.25, 0.3) is 11.0 Å². The van der Waals surface area contributed by atoms with Gasteiger partial charge in [0.05, 0.1) is 23.3 Å². The smallest absolute Gasteiger partial charge is 0.236 e. The molecule has 1 heterocycles. The zero-order chi connectivity index (χ0) is 17.1. The predicted molar refractivity (Wildman–Crippen MR) is 101 cm³/mol. The van der Waals surface area contributed by atoms with Crippen LogP contribution >= 0.6 is 11.7 Å². The highest BCUT2D eigenvalue weighted by Crippen LogP contribution is 2.28. The monoisotopic (exact) mass is 345 g/mol.